The lowest BCUT2D eigenvalue weighted by atomic mass is 10.2. The van der Waals surface area contributed by atoms with Crippen molar-refractivity contribution in [3.63, 3.8) is 0 Å². The highest BCUT2D eigenvalue weighted by Crippen LogP contribution is 2.12. The summed E-state index contributed by atoms with van der Waals surface area (Å²) in [6, 6.07) is 8.17. The third kappa shape index (κ3) is 7.21. The van der Waals surface area contributed by atoms with E-state index >= 15 is 0 Å². The van der Waals surface area contributed by atoms with Crippen LogP contribution in [0.2, 0.25) is 0 Å². The van der Waals surface area contributed by atoms with Crippen LogP contribution in [0.25, 0.3) is 0 Å². The minimum absolute atomic E-state index is 0.823. The number of nitrogens with zero attached hydrogens (tertiary/aromatic N) is 3. The molecule has 0 heterocycles. The Morgan fingerprint density at radius 2 is 1.79 bits per heavy atom. The molecule has 1 aromatic carbocycles. The molecular weight excluding hydrogens is 300 g/mol. The minimum atomic E-state index is 0.823. The van der Waals surface area contributed by atoms with E-state index in [0.29, 0.717) is 0 Å². The van der Waals surface area contributed by atoms with Crippen molar-refractivity contribution >= 4 is 5.96 Å². The van der Waals surface area contributed by atoms with Gasteiger partial charge in [0.1, 0.15) is 5.75 Å². The number of unbranched alkanes of at least 4 members (excludes halogenated alkanes) is 1. The molecule has 0 aromatic heterocycles. The van der Waals surface area contributed by atoms with Crippen LogP contribution >= 0.6 is 0 Å². The number of methoxy groups -OCH3 is 1. The van der Waals surface area contributed by atoms with Gasteiger partial charge in [0, 0.05) is 27.2 Å². The third-order valence-electron chi connectivity index (χ3n) is 4.23. The Bertz CT molecular complexity index is 469. The van der Waals surface area contributed by atoms with Gasteiger partial charge in [-0.15, -0.1) is 0 Å². The maximum Gasteiger partial charge on any atom is 0.193 e. The zero-order valence-electron chi connectivity index (χ0n) is 16.0. The van der Waals surface area contributed by atoms with Gasteiger partial charge >= 0.3 is 0 Å². The van der Waals surface area contributed by atoms with Crippen molar-refractivity contribution in [1.82, 2.24) is 15.1 Å². The summed E-state index contributed by atoms with van der Waals surface area (Å²) in [6.07, 6.45) is 2.37. The molecule has 0 radical (unpaired) electrons. The molecule has 0 unspecified atom stereocenters. The summed E-state index contributed by atoms with van der Waals surface area (Å²) < 4.78 is 5.20. The van der Waals surface area contributed by atoms with Gasteiger partial charge in [-0.1, -0.05) is 26.0 Å². The highest BCUT2D eigenvalue weighted by molar-refractivity contribution is 5.79. The molecule has 0 saturated heterocycles. The van der Waals surface area contributed by atoms with Crippen LogP contribution in [0.3, 0.4) is 0 Å². The van der Waals surface area contributed by atoms with Gasteiger partial charge in [-0.25, -0.2) is 0 Å². The smallest absolute Gasteiger partial charge is 0.193 e. The van der Waals surface area contributed by atoms with Gasteiger partial charge < -0.3 is 19.9 Å². The second kappa shape index (κ2) is 11.7. The van der Waals surface area contributed by atoms with Crippen molar-refractivity contribution in [2.45, 2.75) is 33.2 Å². The summed E-state index contributed by atoms with van der Waals surface area (Å²) in [5, 5.41) is 3.45. The molecule has 0 spiro atoms. The monoisotopic (exact) mass is 334 g/mol. The van der Waals surface area contributed by atoms with Crippen molar-refractivity contribution < 1.29 is 4.74 Å². The lowest BCUT2D eigenvalue weighted by molar-refractivity contribution is 0.297. The van der Waals surface area contributed by atoms with Crippen molar-refractivity contribution in [2.24, 2.45) is 4.99 Å². The Labute approximate surface area is 147 Å². The van der Waals surface area contributed by atoms with Gasteiger partial charge in [-0.05, 0) is 50.2 Å². The van der Waals surface area contributed by atoms with E-state index in [1.54, 1.807) is 7.11 Å². The summed E-state index contributed by atoms with van der Waals surface area (Å²) in [6.45, 7) is 9.67. The maximum atomic E-state index is 5.20. The lowest BCUT2D eigenvalue weighted by Gasteiger charge is -2.23. The number of hydrogen-bond acceptors (Lipinski definition) is 3. The van der Waals surface area contributed by atoms with Crippen LogP contribution < -0.4 is 10.1 Å². The van der Waals surface area contributed by atoms with Crippen molar-refractivity contribution in [3.8, 4) is 5.75 Å². The minimum Gasteiger partial charge on any atom is -0.497 e. The van der Waals surface area contributed by atoms with Crippen LogP contribution in [0.5, 0.6) is 5.75 Å². The van der Waals surface area contributed by atoms with Crippen LogP contribution in [-0.4, -0.2) is 63.1 Å². The lowest BCUT2D eigenvalue weighted by Crippen LogP contribution is -2.39. The Kier molecular flexibility index (Phi) is 9.92. The van der Waals surface area contributed by atoms with E-state index in [2.05, 4.69) is 53.1 Å². The number of ether oxygens (including phenoxy) is 1. The molecule has 0 saturated carbocycles. The average molecular weight is 335 g/mol. The van der Waals surface area contributed by atoms with E-state index in [1.807, 2.05) is 19.2 Å². The first kappa shape index (κ1) is 20.3. The fraction of sp³-hybridized carbons (Fsp3) is 0.632. The fourth-order valence-electron chi connectivity index (χ4n) is 2.66. The summed E-state index contributed by atoms with van der Waals surface area (Å²) in [7, 11) is 5.59. The molecule has 0 atom stereocenters. The molecule has 1 aromatic rings. The van der Waals surface area contributed by atoms with Gasteiger partial charge in [0.25, 0.3) is 0 Å². The van der Waals surface area contributed by atoms with E-state index in [4.69, 9.17) is 4.74 Å². The van der Waals surface area contributed by atoms with Gasteiger partial charge in [0.2, 0.25) is 0 Å². The van der Waals surface area contributed by atoms with Gasteiger partial charge in [-0.2, -0.15) is 0 Å². The number of guanidine groups is 1. The molecule has 0 bridgehead atoms. The molecule has 0 aliphatic heterocycles. The van der Waals surface area contributed by atoms with Crippen LogP contribution in [0, 0.1) is 0 Å². The van der Waals surface area contributed by atoms with Gasteiger partial charge in [0.15, 0.2) is 5.96 Å². The third-order valence-corrected chi connectivity index (χ3v) is 4.23. The fourth-order valence-corrected chi connectivity index (χ4v) is 2.66. The van der Waals surface area contributed by atoms with Crippen LogP contribution in [0.15, 0.2) is 29.3 Å². The van der Waals surface area contributed by atoms with E-state index in [-0.39, 0.29) is 0 Å². The highest BCUT2D eigenvalue weighted by Gasteiger charge is 2.06. The predicted octanol–water partition coefficient (Wildman–Crippen LogP) is 2.82. The molecule has 5 heteroatoms. The number of nitrogens with one attached hydrogen (secondary N) is 1. The quantitative estimate of drug-likeness (QED) is 0.406. The maximum absolute atomic E-state index is 5.20. The molecular formula is C19H34N4O. The zero-order valence-corrected chi connectivity index (χ0v) is 16.0. The molecule has 0 aliphatic carbocycles. The first-order valence-corrected chi connectivity index (χ1v) is 8.91. The molecule has 5 nitrogen and oxygen atoms in total. The topological polar surface area (TPSA) is 40.1 Å². The Morgan fingerprint density at radius 3 is 2.33 bits per heavy atom. The SMILES string of the molecule is CCN(CC)CCCCNC(=NC)N(C)Cc1ccc(OC)cc1. The van der Waals surface area contributed by atoms with Gasteiger partial charge in [0.05, 0.1) is 7.11 Å². The van der Waals surface area contributed by atoms with Crippen molar-refractivity contribution in [1.29, 1.82) is 0 Å². The zero-order chi connectivity index (χ0) is 17.8. The summed E-state index contributed by atoms with van der Waals surface area (Å²) in [4.78, 5) is 8.99. The number of hydrogen-bond donors (Lipinski definition) is 1. The van der Waals surface area contributed by atoms with E-state index in [1.165, 1.54) is 18.5 Å². The molecule has 24 heavy (non-hydrogen) atoms. The first-order valence-electron chi connectivity index (χ1n) is 8.91. The molecule has 0 amide bonds. The first-order chi connectivity index (χ1) is 11.6. The number of benzene rings is 1. The Hall–Kier alpha value is -1.75. The summed E-state index contributed by atoms with van der Waals surface area (Å²) >= 11 is 0. The number of aliphatic imine (C=N–C) groups is 1. The summed E-state index contributed by atoms with van der Waals surface area (Å²) in [5.74, 6) is 1.82. The average Bonchev–Trinajstić information content (AvgIpc) is 2.62. The second-order valence-electron chi connectivity index (χ2n) is 5.91. The van der Waals surface area contributed by atoms with E-state index in [0.717, 1.165) is 44.3 Å². The second-order valence-corrected chi connectivity index (χ2v) is 5.91. The van der Waals surface area contributed by atoms with Crippen LogP contribution in [0.4, 0.5) is 0 Å². The molecule has 136 valence electrons. The van der Waals surface area contributed by atoms with Gasteiger partial charge in [-0.3, -0.25) is 4.99 Å². The summed E-state index contributed by atoms with van der Waals surface area (Å²) in [5.41, 5.74) is 1.24. The Morgan fingerprint density at radius 1 is 1.12 bits per heavy atom. The normalized spacial score (nSPS) is 11.7. The Balaban J connectivity index is 2.34. The van der Waals surface area contributed by atoms with E-state index < -0.39 is 0 Å². The molecule has 0 fully saturated rings. The molecule has 0 aliphatic rings. The van der Waals surface area contributed by atoms with Crippen molar-refractivity contribution in [3.05, 3.63) is 29.8 Å². The van der Waals surface area contributed by atoms with Crippen molar-refractivity contribution in [2.75, 3.05) is 47.4 Å². The number of rotatable bonds is 10. The van der Waals surface area contributed by atoms with E-state index in [9.17, 15) is 0 Å². The van der Waals surface area contributed by atoms with Crippen LogP contribution in [0.1, 0.15) is 32.3 Å². The molecule has 1 rings (SSSR count). The largest absolute Gasteiger partial charge is 0.497 e. The standard InChI is InChI=1S/C19H34N4O/c1-6-23(7-2)15-9-8-14-21-19(20-3)22(4)16-17-10-12-18(24-5)13-11-17/h10-13H,6-9,14-16H2,1-5H3,(H,20,21). The predicted molar refractivity (Wildman–Crippen MR) is 103 cm³/mol. The highest BCUT2D eigenvalue weighted by atomic mass is 16.5. The molecule has 1 N–H and O–H groups in total. The van der Waals surface area contributed by atoms with Crippen LogP contribution in [-0.2, 0) is 6.54 Å².